The smallest absolute Gasteiger partial charge is 0.256 e. The third-order valence-electron chi connectivity index (χ3n) is 5.59. The number of benzene rings is 2. The minimum atomic E-state index is -0.400. The quantitative estimate of drug-likeness (QED) is 0.184. The molecule has 1 aliphatic heterocycles. The molecule has 0 bridgehead atoms. The van der Waals surface area contributed by atoms with Gasteiger partial charge in [0.15, 0.2) is 0 Å². The van der Waals surface area contributed by atoms with E-state index in [0.717, 1.165) is 39.3 Å². The number of aryl methyl sites for hydroxylation is 1. The van der Waals surface area contributed by atoms with E-state index in [1.165, 1.54) is 12.1 Å². The third kappa shape index (κ3) is 5.05. The molecule has 7 heteroatoms. The van der Waals surface area contributed by atoms with Gasteiger partial charge in [0.25, 0.3) is 5.91 Å². The maximum Gasteiger partial charge on any atom is 0.256 e. The van der Waals surface area contributed by atoms with Crippen LogP contribution in [0, 0.1) is 56.2 Å². The largest absolute Gasteiger partial charge is 0.664 e. The molecule has 0 unspecified atom stereocenters. The number of hydrogen-bond donors (Lipinski definition) is 3. The normalized spacial score (nSPS) is 13.1. The molecule has 3 N–H and O–H groups in total. The van der Waals surface area contributed by atoms with Gasteiger partial charge >= 0.3 is 0 Å². The Bertz CT molecular complexity index is 1320. The van der Waals surface area contributed by atoms with E-state index < -0.39 is 5.82 Å². The molecule has 0 atom stereocenters. The van der Waals surface area contributed by atoms with Gasteiger partial charge in [-0.3, -0.25) is 4.79 Å². The van der Waals surface area contributed by atoms with Gasteiger partial charge in [-0.15, -0.1) is 13.0 Å². The Hall–Kier alpha value is -3.03. The Morgan fingerprint density at radius 3 is 2.68 bits per heavy atom. The number of fused-ring (bicyclic) bond motifs is 1. The van der Waals surface area contributed by atoms with Crippen molar-refractivity contribution in [1.82, 2.24) is 10.3 Å². The van der Waals surface area contributed by atoms with Crippen molar-refractivity contribution in [2.75, 3.05) is 25.5 Å². The van der Waals surface area contributed by atoms with Gasteiger partial charge in [0.05, 0.1) is 5.57 Å². The van der Waals surface area contributed by atoms with E-state index in [2.05, 4.69) is 33.4 Å². The summed E-state index contributed by atoms with van der Waals surface area (Å²) < 4.78 is 13.9. The number of likely N-dealkylation sites (N-methyl/N-ethyl adjacent to an activating group) is 1. The predicted octanol–water partition coefficient (Wildman–Crippen LogP) is 5.17. The van der Waals surface area contributed by atoms with Crippen LogP contribution in [0.4, 0.5) is 10.1 Å². The minimum absolute atomic E-state index is 0. The average Bonchev–Trinajstić information content (AvgIpc) is 3.30. The Balaban J connectivity index is 0.00000324. The SMILES string of the molecule is C#Cc1ccc(-c2c(/C=C3\C(=O)Nc4ccc(F)cc43)[nH]c(C)c2C(=C)NCC[N-]C)cc1.[U]. The molecule has 2 heterocycles. The number of hydrogen-bond acceptors (Lipinski definition) is 2. The van der Waals surface area contributed by atoms with Crippen molar-refractivity contribution in [2.24, 2.45) is 0 Å². The van der Waals surface area contributed by atoms with Crippen molar-refractivity contribution in [2.45, 2.75) is 6.92 Å². The van der Waals surface area contributed by atoms with Crippen LogP contribution in [0.2, 0.25) is 0 Å². The summed E-state index contributed by atoms with van der Waals surface area (Å²) in [6.07, 6.45) is 7.29. The van der Waals surface area contributed by atoms with Crippen LogP contribution in [0.25, 0.3) is 33.8 Å². The van der Waals surface area contributed by atoms with E-state index in [1.54, 1.807) is 19.2 Å². The second kappa shape index (κ2) is 10.9. The van der Waals surface area contributed by atoms with Crippen LogP contribution >= 0.6 is 0 Å². The third-order valence-corrected chi connectivity index (χ3v) is 5.59. The van der Waals surface area contributed by atoms with Gasteiger partial charge in [-0.05, 0) is 55.4 Å². The molecule has 3 aromatic rings. The summed E-state index contributed by atoms with van der Waals surface area (Å²) >= 11 is 0. The molecule has 1 amide bonds. The topological polar surface area (TPSA) is 71.0 Å². The number of carbonyl (C=O) groups excluding carboxylic acids is 1. The van der Waals surface area contributed by atoms with Gasteiger partial charge in [0.2, 0.25) is 0 Å². The summed E-state index contributed by atoms with van der Waals surface area (Å²) in [5, 5.41) is 10.2. The Labute approximate surface area is 222 Å². The van der Waals surface area contributed by atoms with Crippen molar-refractivity contribution in [1.29, 1.82) is 0 Å². The number of amides is 1. The number of nitrogens with zero attached hydrogens (tertiary/aromatic N) is 1. The fourth-order valence-corrected chi connectivity index (χ4v) is 4.02. The van der Waals surface area contributed by atoms with Crippen LogP contribution in [0.5, 0.6) is 0 Å². The number of H-pyrrole nitrogens is 1. The molecule has 34 heavy (non-hydrogen) atoms. The fourth-order valence-electron chi connectivity index (χ4n) is 4.02. The van der Waals surface area contributed by atoms with Gasteiger partial charge in [0, 0.05) is 76.1 Å². The summed E-state index contributed by atoms with van der Waals surface area (Å²) in [5.74, 6) is 1.95. The summed E-state index contributed by atoms with van der Waals surface area (Å²) in [6, 6.07) is 11.9. The zero-order valence-electron chi connectivity index (χ0n) is 19.1. The molecular formula is C27H24FN4OU-. The molecule has 2 aromatic carbocycles. The van der Waals surface area contributed by atoms with Crippen LogP contribution in [0.3, 0.4) is 0 Å². The van der Waals surface area contributed by atoms with Crippen LogP contribution in [-0.2, 0) is 4.79 Å². The van der Waals surface area contributed by atoms with E-state index in [9.17, 15) is 9.18 Å². The molecule has 0 saturated heterocycles. The Morgan fingerprint density at radius 1 is 1.26 bits per heavy atom. The minimum Gasteiger partial charge on any atom is -0.664 e. The molecule has 0 saturated carbocycles. The van der Waals surface area contributed by atoms with Gasteiger partial charge in [0.1, 0.15) is 5.82 Å². The number of anilines is 1. The molecule has 1 aliphatic rings. The second-order valence-corrected chi connectivity index (χ2v) is 7.78. The number of terminal acetylenes is 1. The molecule has 1 aromatic heterocycles. The van der Waals surface area contributed by atoms with Crippen molar-refractivity contribution in [3.05, 3.63) is 88.3 Å². The number of aromatic nitrogens is 1. The summed E-state index contributed by atoms with van der Waals surface area (Å²) in [6.45, 7) is 7.50. The van der Waals surface area contributed by atoms with E-state index in [0.29, 0.717) is 29.9 Å². The maximum atomic E-state index is 13.9. The Kier molecular flexibility index (Phi) is 8.23. The van der Waals surface area contributed by atoms with Gasteiger partial charge in [-0.2, -0.15) is 7.05 Å². The van der Waals surface area contributed by atoms with Crippen molar-refractivity contribution >= 4 is 28.9 Å². The Morgan fingerprint density at radius 2 is 2.00 bits per heavy atom. The van der Waals surface area contributed by atoms with Crippen LogP contribution in [0.15, 0.2) is 49.0 Å². The van der Waals surface area contributed by atoms with E-state index in [-0.39, 0.29) is 37.0 Å². The number of halogens is 1. The number of nitrogens with one attached hydrogen (secondary N) is 3. The second-order valence-electron chi connectivity index (χ2n) is 7.78. The first kappa shape index (κ1) is 25.6. The molecular weight excluding hydrogens is 653 g/mol. The van der Waals surface area contributed by atoms with Crippen molar-refractivity contribution in [3.8, 4) is 23.5 Å². The molecule has 170 valence electrons. The van der Waals surface area contributed by atoms with Crippen LogP contribution < -0.4 is 10.6 Å². The molecule has 5 nitrogen and oxygen atoms in total. The zero-order valence-corrected chi connectivity index (χ0v) is 23.2. The molecule has 0 fully saturated rings. The molecule has 0 radical (unpaired) electrons. The molecule has 4 rings (SSSR count). The first-order valence-electron chi connectivity index (χ1n) is 10.5. The summed E-state index contributed by atoms with van der Waals surface area (Å²) in [4.78, 5) is 16.1. The predicted molar refractivity (Wildman–Crippen MR) is 133 cm³/mol. The number of aromatic amines is 1. The van der Waals surface area contributed by atoms with E-state index in [4.69, 9.17) is 6.42 Å². The van der Waals surface area contributed by atoms with Crippen LogP contribution in [0.1, 0.15) is 28.1 Å². The summed E-state index contributed by atoms with van der Waals surface area (Å²) in [5.41, 5.74) is 7.35. The van der Waals surface area contributed by atoms with Gasteiger partial charge < -0.3 is 20.9 Å². The molecule has 0 aliphatic carbocycles. The zero-order chi connectivity index (χ0) is 23.5. The monoisotopic (exact) mass is 677 g/mol. The number of carbonyl (C=O) groups is 1. The van der Waals surface area contributed by atoms with Gasteiger partial charge in [-0.25, -0.2) is 4.39 Å². The fraction of sp³-hybridized carbons (Fsp3) is 0.148. The first-order chi connectivity index (χ1) is 15.9. The van der Waals surface area contributed by atoms with Crippen molar-refractivity contribution in [3.63, 3.8) is 0 Å². The maximum absolute atomic E-state index is 13.9. The molecule has 0 spiro atoms. The van der Waals surface area contributed by atoms with E-state index in [1.807, 2.05) is 31.2 Å². The van der Waals surface area contributed by atoms with E-state index >= 15 is 0 Å². The van der Waals surface area contributed by atoms with Crippen molar-refractivity contribution < 1.29 is 40.3 Å². The van der Waals surface area contributed by atoms with Crippen LogP contribution in [-0.4, -0.2) is 31.0 Å². The number of rotatable bonds is 7. The average molecular weight is 678 g/mol. The summed E-state index contributed by atoms with van der Waals surface area (Å²) in [7, 11) is 1.77. The van der Waals surface area contributed by atoms with Gasteiger partial charge in [-0.1, -0.05) is 24.6 Å². The first-order valence-corrected chi connectivity index (χ1v) is 10.5. The standard InChI is InChI=1S/C27H24FN4O.U/c1-5-18-6-8-19(9-7-18)26-24(31-17(3)25(26)16(2)30-13-12-29-4)15-22-21-14-20(28)10-11-23(21)32-27(22)33;/h1,6-11,14-15,30-31H,2,12-13H2,3-4H3,(H,32,33);/q-1;/b22-15-;.